The van der Waals surface area contributed by atoms with Crippen LogP contribution in [0.5, 0.6) is 0 Å². The fourth-order valence-corrected chi connectivity index (χ4v) is 1.75. The van der Waals surface area contributed by atoms with Crippen LogP contribution in [-0.4, -0.2) is 22.8 Å². The van der Waals surface area contributed by atoms with Crippen molar-refractivity contribution in [3.8, 4) is 0 Å². The Morgan fingerprint density at radius 1 is 1.00 bits per heavy atom. The van der Waals surface area contributed by atoms with Crippen molar-refractivity contribution in [1.29, 1.82) is 0 Å². The van der Waals surface area contributed by atoms with Crippen LogP contribution in [0.4, 0.5) is 0 Å². The molecule has 0 aliphatic carbocycles. The minimum absolute atomic E-state index is 0.313. The van der Waals surface area contributed by atoms with Gasteiger partial charge in [0.25, 0.3) is 0 Å². The van der Waals surface area contributed by atoms with E-state index in [0.717, 1.165) is 19.3 Å². The number of rotatable bonds is 8. The summed E-state index contributed by atoms with van der Waals surface area (Å²) in [7, 11) is 0. The highest BCUT2D eigenvalue weighted by molar-refractivity contribution is 5.66. The highest BCUT2D eigenvalue weighted by Gasteiger charge is 2.04. The molecule has 0 unspecified atom stereocenters. The van der Waals surface area contributed by atoms with Gasteiger partial charge in [-0.1, -0.05) is 53.4 Å². The Labute approximate surface area is 106 Å². The average Bonchev–Trinajstić information content (AvgIpc) is 2.18. The molecule has 0 rings (SSSR count). The zero-order chi connectivity index (χ0) is 13.7. The number of aliphatic hydroxyl groups is 1. The van der Waals surface area contributed by atoms with E-state index in [2.05, 4.69) is 20.8 Å². The number of aliphatic carboxylic acids is 1. The fourth-order valence-electron chi connectivity index (χ4n) is 1.75. The third-order valence-corrected chi connectivity index (χ3v) is 2.71. The molecule has 0 aromatic rings. The van der Waals surface area contributed by atoms with Gasteiger partial charge in [-0.2, -0.15) is 0 Å². The second-order valence-corrected chi connectivity index (χ2v) is 4.90. The van der Waals surface area contributed by atoms with Crippen molar-refractivity contribution in [3.05, 3.63) is 0 Å². The zero-order valence-corrected chi connectivity index (χ0v) is 11.9. The van der Waals surface area contributed by atoms with Gasteiger partial charge in [-0.3, -0.25) is 4.79 Å². The van der Waals surface area contributed by atoms with Crippen molar-refractivity contribution in [2.75, 3.05) is 6.61 Å². The summed E-state index contributed by atoms with van der Waals surface area (Å²) in [5.74, 6) is 0.369. The van der Waals surface area contributed by atoms with E-state index in [4.69, 9.17) is 10.2 Å². The molecular formula is C14H30O3. The first kappa shape index (κ1) is 18.8. The van der Waals surface area contributed by atoms with Gasteiger partial charge in [-0.15, -0.1) is 0 Å². The Balaban J connectivity index is 0. The van der Waals surface area contributed by atoms with Crippen molar-refractivity contribution in [1.82, 2.24) is 0 Å². The van der Waals surface area contributed by atoms with Crippen molar-refractivity contribution in [2.45, 2.75) is 66.2 Å². The van der Waals surface area contributed by atoms with Gasteiger partial charge in [0.1, 0.15) is 0 Å². The van der Waals surface area contributed by atoms with Crippen LogP contribution in [0.25, 0.3) is 0 Å². The van der Waals surface area contributed by atoms with Crippen LogP contribution in [0.3, 0.4) is 0 Å². The van der Waals surface area contributed by atoms with E-state index in [1.165, 1.54) is 12.8 Å². The molecule has 0 saturated carbocycles. The van der Waals surface area contributed by atoms with Crippen molar-refractivity contribution in [3.63, 3.8) is 0 Å². The molecule has 2 N–H and O–H groups in total. The molecule has 0 bridgehead atoms. The number of hydrogen-bond donors (Lipinski definition) is 2. The van der Waals surface area contributed by atoms with E-state index < -0.39 is 5.97 Å². The number of carboxylic acid groups (broad SMARTS) is 1. The van der Waals surface area contributed by atoms with E-state index in [1.54, 1.807) is 0 Å². The molecule has 104 valence electrons. The van der Waals surface area contributed by atoms with Crippen LogP contribution in [0, 0.1) is 11.8 Å². The van der Waals surface area contributed by atoms with Gasteiger partial charge in [0.2, 0.25) is 0 Å². The molecule has 3 nitrogen and oxygen atoms in total. The molecule has 0 saturated heterocycles. The van der Waals surface area contributed by atoms with Gasteiger partial charge in [0, 0.05) is 13.0 Å². The van der Waals surface area contributed by atoms with E-state index in [-0.39, 0.29) is 0 Å². The molecule has 0 aromatic heterocycles. The van der Waals surface area contributed by atoms with Crippen LogP contribution in [0.15, 0.2) is 0 Å². The van der Waals surface area contributed by atoms with Crippen LogP contribution < -0.4 is 0 Å². The topological polar surface area (TPSA) is 57.5 Å². The summed E-state index contributed by atoms with van der Waals surface area (Å²) >= 11 is 0. The molecule has 0 spiro atoms. The molecule has 0 radical (unpaired) electrons. The monoisotopic (exact) mass is 246 g/mol. The molecule has 0 fully saturated rings. The number of aliphatic hydroxyl groups excluding tert-OH is 1. The van der Waals surface area contributed by atoms with Gasteiger partial charge >= 0.3 is 5.97 Å². The van der Waals surface area contributed by atoms with E-state index >= 15 is 0 Å². The minimum atomic E-state index is -0.684. The molecule has 0 heterocycles. The number of hydrogen-bond acceptors (Lipinski definition) is 2. The third-order valence-electron chi connectivity index (χ3n) is 2.71. The number of carboxylic acids is 1. The maximum Gasteiger partial charge on any atom is 0.303 e. The highest BCUT2D eigenvalue weighted by atomic mass is 16.4. The Morgan fingerprint density at radius 2 is 1.47 bits per heavy atom. The first-order valence-electron chi connectivity index (χ1n) is 6.80. The second-order valence-electron chi connectivity index (χ2n) is 4.90. The Hall–Kier alpha value is -0.570. The summed E-state index contributed by atoms with van der Waals surface area (Å²) in [6.07, 6.45) is 5.87. The van der Waals surface area contributed by atoms with Crippen molar-refractivity contribution < 1.29 is 15.0 Å². The molecule has 2 atom stereocenters. The summed E-state index contributed by atoms with van der Waals surface area (Å²) in [4.78, 5) is 10.1. The standard InChI is InChI=1S/C7H14O2.C7H16O/c1-3-4-6(2)5-7(8)9;1-3-4-7(2)5-6-8/h6H,3-5H2,1-2H3,(H,8,9);7-8H,3-6H2,1-2H3/t6-;7-/m00/s1. The predicted molar refractivity (Wildman–Crippen MR) is 72.1 cm³/mol. The molecule has 3 heteroatoms. The van der Waals surface area contributed by atoms with Crippen LogP contribution in [0.1, 0.15) is 66.2 Å². The molecular weight excluding hydrogens is 216 g/mol. The lowest BCUT2D eigenvalue weighted by atomic mass is 10.0. The van der Waals surface area contributed by atoms with E-state index in [1.807, 2.05) is 6.92 Å². The molecule has 17 heavy (non-hydrogen) atoms. The fraction of sp³-hybridized carbons (Fsp3) is 0.929. The SMILES string of the molecule is CCC[C@H](C)CC(=O)O.CCC[C@H](C)CCO. The first-order valence-corrected chi connectivity index (χ1v) is 6.80. The smallest absolute Gasteiger partial charge is 0.303 e. The van der Waals surface area contributed by atoms with Crippen molar-refractivity contribution >= 4 is 5.97 Å². The van der Waals surface area contributed by atoms with Gasteiger partial charge in [-0.05, 0) is 18.3 Å². The summed E-state index contributed by atoms with van der Waals surface area (Å²) in [5.41, 5.74) is 0. The molecule has 0 aliphatic rings. The van der Waals surface area contributed by atoms with Crippen molar-refractivity contribution in [2.24, 2.45) is 11.8 Å². The lowest BCUT2D eigenvalue weighted by Gasteiger charge is -2.05. The quantitative estimate of drug-likeness (QED) is 0.686. The molecule has 0 aromatic carbocycles. The van der Waals surface area contributed by atoms with Gasteiger partial charge in [0.05, 0.1) is 0 Å². The lowest BCUT2D eigenvalue weighted by Crippen LogP contribution is -2.03. The third kappa shape index (κ3) is 18.0. The molecule has 0 aliphatic heterocycles. The van der Waals surface area contributed by atoms with E-state index in [0.29, 0.717) is 24.9 Å². The zero-order valence-electron chi connectivity index (χ0n) is 11.9. The largest absolute Gasteiger partial charge is 0.481 e. The summed E-state index contributed by atoms with van der Waals surface area (Å²) < 4.78 is 0. The Bertz CT molecular complexity index is 163. The lowest BCUT2D eigenvalue weighted by molar-refractivity contribution is -0.138. The summed E-state index contributed by atoms with van der Waals surface area (Å²) in [6.45, 7) is 8.74. The normalized spacial score (nSPS) is 13.5. The van der Waals surface area contributed by atoms with Crippen LogP contribution >= 0.6 is 0 Å². The number of carbonyl (C=O) groups is 1. The van der Waals surface area contributed by atoms with Gasteiger partial charge in [-0.25, -0.2) is 0 Å². The Morgan fingerprint density at radius 3 is 1.82 bits per heavy atom. The van der Waals surface area contributed by atoms with Crippen LogP contribution in [0.2, 0.25) is 0 Å². The van der Waals surface area contributed by atoms with E-state index in [9.17, 15) is 4.79 Å². The summed E-state index contributed by atoms with van der Waals surface area (Å²) in [6, 6.07) is 0. The average molecular weight is 246 g/mol. The molecule has 0 amide bonds. The summed E-state index contributed by atoms with van der Waals surface area (Å²) in [5, 5.41) is 16.8. The maximum absolute atomic E-state index is 10.1. The van der Waals surface area contributed by atoms with Crippen LogP contribution in [-0.2, 0) is 4.79 Å². The predicted octanol–water partition coefficient (Wildman–Crippen LogP) is 3.70. The minimum Gasteiger partial charge on any atom is -0.481 e. The highest BCUT2D eigenvalue weighted by Crippen LogP contribution is 2.08. The second kappa shape index (κ2) is 13.5. The maximum atomic E-state index is 10.1. The Kier molecular flexibility index (Phi) is 14.9. The van der Waals surface area contributed by atoms with Gasteiger partial charge in [0.15, 0.2) is 0 Å². The van der Waals surface area contributed by atoms with Gasteiger partial charge < -0.3 is 10.2 Å². The first-order chi connectivity index (χ1) is 7.97.